The van der Waals surface area contributed by atoms with Gasteiger partial charge >= 0.3 is 12.0 Å². The topological polar surface area (TPSA) is 119 Å². The molecule has 0 saturated carbocycles. The lowest BCUT2D eigenvalue weighted by molar-refractivity contribution is -0.161. The van der Waals surface area contributed by atoms with Crippen LogP contribution in [0.1, 0.15) is 23.8 Å². The summed E-state index contributed by atoms with van der Waals surface area (Å²) in [7, 11) is 1.53. The van der Waals surface area contributed by atoms with Crippen LogP contribution in [-0.2, 0) is 16.1 Å². The van der Waals surface area contributed by atoms with Crippen LogP contribution < -0.4 is 10.6 Å². The molecular weight excluding hydrogens is 346 g/mol. The maximum Gasteiger partial charge on any atom is 0.352 e. The number of urea groups is 1. The van der Waals surface area contributed by atoms with Crippen molar-refractivity contribution in [2.75, 3.05) is 7.05 Å². The number of nitrogens with zero attached hydrogens (tertiary/aromatic N) is 1. The van der Waals surface area contributed by atoms with Crippen molar-refractivity contribution in [1.29, 1.82) is 0 Å². The Morgan fingerprint density at radius 2 is 2.20 bits per heavy atom. The second-order valence-electron chi connectivity index (χ2n) is 6.11. The van der Waals surface area contributed by atoms with E-state index in [9.17, 15) is 24.6 Å². The third kappa shape index (κ3) is 2.89. The van der Waals surface area contributed by atoms with Crippen molar-refractivity contribution in [3.05, 3.63) is 27.6 Å². The number of carboxylic acid groups (broad SMARTS) is 1. The zero-order valence-electron chi connectivity index (χ0n) is 13.8. The Kier molecular flexibility index (Phi) is 4.53. The summed E-state index contributed by atoms with van der Waals surface area (Å²) in [6.07, 6.45) is -0.403. The molecule has 1 aromatic rings. The van der Waals surface area contributed by atoms with Crippen molar-refractivity contribution in [3.63, 3.8) is 0 Å². The van der Waals surface area contributed by atoms with E-state index in [-0.39, 0.29) is 23.7 Å². The van der Waals surface area contributed by atoms with E-state index in [2.05, 4.69) is 10.6 Å². The van der Waals surface area contributed by atoms with Gasteiger partial charge in [-0.15, -0.1) is 11.3 Å². The van der Waals surface area contributed by atoms with E-state index in [4.69, 9.17) is 0 Å². The first-order valence-corrected chi connectivity index (χ1v) is 8.74. The number of aliphatic carboxylic acids is 1. The normalized spacial score (nSPS) is 23.2. The highest BCUT2D eigenvalue weighted by atomic mass is 32.1. The second-order valence-corrected chi connectivity index (χ2v) is 7.11. The molecule has 9 heteroatoms. The van der Waals surface area contributed by atoms with Gasteiger partial charge in [-0.25, -0.2) is 9.59 Å². The average Bonchev–Trinajstić information content (AvgIpc) is 3.14. The van der Waals surface area contributed by atoms with Crippen LogP contribution in [-0.4, -0.2) is 52.2 Å². The van der Waals surface area contributed by atoms with Gasteiger partial charge in [0, 0.05) is 11.9 Å². The molecule has 0 radical (unpaired) electrons. The fourth-order valence-corrected chi connectivity index (χ4v) is 4.25. The predicted octanol–water partition coefficient (Wildman–Crippen LogP) is 0.584. The lowest BCUT2D eigenvalue weighted by Gasteiger charge is -2.44. The Morgan fingerprint density at radius 3 is 2.80 bits per heavy atom. The Labute approximate surface area is 148 Å². The highest BCUT2D eigenvalue weighted by Crippen LogP contribution is 2.47. The van der Waals surface area contributed by atoms with E-state index in [1.807, 2.05) is 11.4 Å². The van der Waals surface area contributed by atoms with E-state index >= 15 is 0 Å². The molecule has 2 aliphatic rings. The molecule has 1 saturated heterocycles. The van der Waals surface area contributed by atoms with Crippen LogP contribution in [0.15, 0.2) is 17.1 Å². The molecule has 3 rings (SSSR count). The maximum atomic E-state index is 12.2. The molecule has 2 aliphatic heterocycles. The number of carbonyl (C=O) groups is 3. The molecule has 3 amide bonds. The first-order valence-electron chi connectivity index (χ1n) is 7.86. The van der Waals surface area contributed by atoms with Crippen LogP contribution >= 0.6 is 11.3 Å². The number of amides is 3. The van der Waals surface area contributed by atoms with Gasteiger partial charge in [0.1, 0.15) is 5.70 Å². The van der Waals surface area contributed by atoms with Crippen LogP contribution in [0.4, 0.5) is 4.79 Å². The first kappa shape index (κ1) is 17.4. The zero-order chi connectivity index (χ0) is 18.3. The average molecular weight is 365 g/mol. The third-order valence-electron chi connectivity index (χ3n) is 4.58. The molecule has 3 atom stereocenters. The highest BCUT2D eigenvalue weighted by Gasteiger charge is 2.56. The molecule has 4 N–H and O–H groups in total. The molecule has 0 aromatic carbocycles. The van der Waals surface area contributed by atoms with Crippen molar-refractivity contribution in [2.24, 2.45) is 5.92 Å². The van der Waals surface area contributed by atoms with Crippen molar-refractivity contribution in [1.82, 2.24) is 15.5 Å². The van der Waals surface area contributed by atoms with E-state index in [1.165, 1.54) is 23.3 Å². The molecule has 8 nitrogen and oxygen atoms in total. The Morgan fingerprint density at radius 1 is 1.48 bits per heavy atom. The molecule has 1 fully saturated rings. The van der Waals surface area contributed by atoms with Crippen molar-refractivity contribution in [3.8, 4) is 0 Å². The van der Waals surface area contributed by atoms with Crippen LogP contribution in [0.3, 0.4) is 0 Å². The third-order valence-corrected chi connectivity index (χ3v) is 5.52. The van der Waals surface area contributed by atoms with E-state index in [0.29, 0.717) is 18.5 Å². The molecule has 0 aliphatic carbocycles. The number of carbonyl (C=O) groups excluding carboxylic acids is 2. The molecule has 0 unspecified atom stereocenters. The van der Waals surface area contributed by atoms with Gasteiger partial charge in [-0.3, -0.25) is 4.79 Å². The van der Waals surface area contributed by atoms with Gasteiger partial charge in [0.2, 0.25) is 5.91 Å². The van der Waals surface area contributed by atoms with Crippen LogP contribution in [0.25, 0.3) is 5.57 Å². The number of rotatable bonds is 5. The summed E-state index contributed by atoms with van der Waals surface area (Å²) in [6, 6.07) is 1.23. The number of β-lactam (4-membered cyclic amide) rings is 1. The van der Waals surface area contributed by atoms with Crippen LogP contribution in [0, 0.1) is 5.92 Å². The number of thiophene rings is 1. The summed E-state index contributed by atoms with van der Waals surface area (Å²) in [5.41, 5.74) is 1.33. The standard InChI is InChI=1S/C16H19N3O5S/c1-7(20)12-11-4-10(13(15(22)23)19(11)14(12)21)8-3-9(25-6-8)5-18-16(24)17-2/h3,6-7,11-12,20H,4-5H2,1-2H3,(H,22,23)(H2,17,18,24)/t7-,11-,12-/m1/s1. The minimum atomic E-state index is -1.15. The monoisotopic (exact) mass is 365 g/mol. The van der Waals surface area contributed by atoms with Gasteiger partial charge in [0.25, 0.3) is 0 Å². The summed E-state index contributed by atoms with van der Waals surface area (Å²) < 4.78 is 0. The molecule has 134 valence electrons. The van der Waals surface area contributed by atoms with Crippen molar-refractivity contribution in [2.45, 2.75) is 32.0 Å². The van der Waals surface area contributed by atoms with E-state index in [1.54, 1.807) is 6.92 Å². The fourth-order valence-electron chi connectivity index (χ4n) is 3.41. The molecule has 0 bridgehead atoms. The number of carboxylic acids is 1. The Balaban J connectivity index is 1.84. The summed E-state index contributed by atoms with van der Waals surface area (Å²) in [5.74, 6) is -2.05. The number of fused-ring (bicyclic) bond motifs is 1. The smallest absolute Gasteiger partial charge is 0.352 e. The van der Waals surface area contributed by atoms with Gasteiger partial charge in [0.15, 0.2) is 0 Å². The van der Waals surface area contributed by atoms with Crippen molar-refractivity contribution < 1.29 is 24.6 Å². The molecule has 3 heterocycles. The lowest BCUT2D eigenvalue weighted by atomic mass is 9.82. The zero-order valence-corrected chi connectivity index (χ0v) is 14.6. The largest absolute Gasteiger partial charge is 0.477 e. The van der Waals surface area contributed by atoms with Crippen LogP contribution in [0.5, 0.6) is 0 Å². The van der Waals surface area contributed by atoms with E-state index in [0.717, 1.165) is 10.4 Å². The van der Waals surface area contributed by atoms with Crippen molar-refractivity contribution >= 4 is 34.8 Å². The number of hydrogen-bond donors (Lipinski definition) is 4. The molecule has 25 heavy (non-hydrogen) atoms. The summed E-state index contributed by atoms with van der Waals surface area (Å²) in [4.78, 5) is 37.3. The second kappa shape index (κ2) is 6.49. The minimum Gasteiger partial charge on any atom is -0.477 e. The molecule has 1 aromatic heterocycles. The molecule has 0 spiro atoms. The quantitative estimate of drug-likeness (QED) is 0.569. The van der Waals surface area contributed by atoms with Gasteiger partial charge in [-0.05, 0) is 35.9 Å². The number of aliphatic hydroxyl groups excluding tert-OH is 1. The number of aliphatic hydroxyl groups is 1. The Hall–Kier alpha value is -2.39. The summed E-state index contributed by atoms with van der Waals surface area (Å²) >= 11 is 1.41. The summed E-state index contributed by atoms with van der Waals surface area (Å²) in [5, 5.41) is 26.3. The van der Waals surface area contributed by atoms with Crippen LogP contribution in [0.2, 0.25) is 0 Å². The van der Waals surface area contributed by atoms with Gasteiger partial charge < -0.3 is 25.7 Å². The number of nitrogens with one attached hydrogen (secondary N) is 2. The SMILES string of the molecule is CNC(=O)NCc1cc(C2=C(C(=O)O)N3C(=O)[C@H]([C@@H](C)O)[C@H]3C2)cs1. The fraction of sp³-hybridized carbons (Fsp3) is 0.438. The van der Waals surface area contributed by atoms with Gasteiger partial charge in [0.05, 0.1) is 24.6 Å². The maximum absolute atomic E-state index is 12.2. The highest BCUT2D eigenvalue weighted by molar-refractivity contribution is 7.10. The number of hydrogen-bond acceptors (Lipinski definition) is 5. The lowest BCUT2D eigenvalue weighted by Crippen LogP contribution is -2.61. The van der Waals surface area contributed by atoms with E-state index < -0.39 is 18.0 Å². The minimum absolute atomic E-state index is 0.00416. The predicted molar refractivity (Wildman–Crippen MR) is 90.6 cm³/mol. The van der Waals surface area contributed by atoms with Gasteiger partial charge in [-0.2, -0.15) is 0 Å². The Bertz CT molecular complexity index is 770. The summed E-state index contributed by atoms with van der Waals surface area (Å²) in [6.45, 7) is 1.88. The van der Waals surface area contributed by atoms with Gasteiger partial charge in [-0.1, -0.05) is 0 Å². The first-order chi connectivity index (χ1) is 11.8. The molecular formula is C16H19N3O5S.